The highest BCUT2D eigenvalue weighted by atomic mass is 28.5. The molecule has 3 nitrogen and oxygen atoms in total. The summed E-state index contributed by atoms with van der Waals surface area (Å²) in [6, 6.07) is 0. The Morgan fingerprint density at radius 1 is 0.571 bits per heavy atom. The first-order chi connectivity index (χ1) is 9.24. The second kappa shape index (κ2) is 7.42. The zero-order valence-electron chi connectivity index (χ0n) is 15.2. The average molecular weight is 359 g/mol. The third kappa shape index (κ3) is 9.48. The fourth-order valence-electron chi connectivity index (χ4n) is 2.02. The minimum absolute atomic E-state index is 1.68. The lowest BCUT2D eigenvalue weighted by atomic mass is 10.8. The summed E-state index contributed by atoms with van der Waals surface area (Å²) in [5.74, 6) is 5.92. The number of rotatable bonds is 6. The fraction of sp³-hybridized carbons (Fsp3) is 0.714. The predicted molar refractivity (Wildman–Crippen MR) is 100 cm³/mol. The van der Waals surface area contributed by atoms with E-state index >= 15 is 0 Å². The summed E-state index contributed by atoms with van der Waals surface area (Å²) < 4.78 is 19.0. The normalized spacial score (nSPS) is 13.0. The molecule has 0 amide bonds. The van der Waals surface area contributed by atoms with Crippen LogP contribution in [0.25, 0.3) is 0 Å². The molecule has 21 heavy (non-hydrogen) atoms. The Balaban J connectivity index is 5.57. The Morgan fingerprint density at radius 2 is 0.952 bits per heavy atom. The first-order valence-corrected chi connectivity index (χ1v) is 18.7. The molecule has 0 heterocycles. The van der Waals surface area contributed by atoms with Crippen LogP contribution in [0.15, 0.2) is 0 Å². The smallest absolute Gasteiger partial charge is 0.437 e. The lowest BCUT2D eigenvalue weighted by molar-refractivity contribution is 0.345. The third-order valence-corrected chi connectivity index (χ3v) is 14.3. The molecule has 0 atom stereocenters. The molecular weight excluding hydrogens is 328 g/mol. The van der Waals surface area contributed by atoms with E-state index in [9.17, 15) is 0 Å². The quantitative estimate of drug-likeness (QED) is 0.531. The highest BCUT2D eigenvalue weighted by molar-refractivity contribution is 6.96. The molecule has 0 aromatic heterocycles. The first-order valence-electron chi connectivity index (χ1n) is 7.22. The molecule has 0 aliphatic heterocycles. The Kier molecular flexibility index (Phi) is 7.38. The van der Waals surface area contributed by atoms with Gasteiger partial charge in [-0.3, -0.25) is 0 Å². The molecule has 0 aliphatic rings. The average Bonchev–Trinajstić information content (AvgIpc) is 2.08. The molecule has 0 saturated carbocycles. The lowest BCUT2D eigenvalue weighted by Crippen LogP contribution is -2.57. The summed E-state index contributed by atoms with van der Waals surface area (Å²) in [7, 11) is -8.69. The van der Waals surface area contributed by atoms with Gasteiger partial charge in [-0.05, 0) is 66.2 Å². The van der Waals surface area contributed by atoms with Gasteiger partial charge in [0, 0.05) is 0 Å². The molecule has 120 valence electrons. The van der Waals surface area contributed by atoms with Crippen molar-refractivity contribution in [1.29, 1.82) is 0 Å². The summed E-state index contributed by atoms with van der Waals surface area (Å²) in [6.07, 6.45) is 0. The van der Waals surface area contributed by atoms with Crippen molar-refractivity contribution in [2.24, 2.45) is 0 Å². The van der Waals surface area contributed by atoms with Crippen molar-refractivity contribution in [3.63, 3.8) is 0 Å². The van der Waals surface area contributed by atoms with E-state index in [0.717, 1.165) is 0 Å². The standard InChI is InChI=1S/C14H30O3Si4/c1-11-13-21(14-12-2,16-19(6,7)8)17-20(9,10)15-18(3,4)5/h1-10H3. The monoisotopic (exact) mass is 358 g/mol. The van der Waals surface area contributed by atoms with E-state index in [4.69, 9.17) is 12.3 Å². The van der Waals surface area contributed by atoms with Gasteiger partial charge in [-0.15, -0.1) is 11.8 Å². The van der Waals surface area contributed by atoms with Crippen LogP contribution in [-0.4, -0.2) is 33.8 Å². The van der Waals surface area contributed by atoms with Gasteiger partial charge in [0.25, 0.3) is 0 Å². The Bertz CT molecular complexity index is 447. The van der Waals surface area contributed by atoms with E-state index < -0.39 is 33.8 Å². The van der Waals surface area contributed by atoms with Gasteiger partial charge in [-0.2, -0.15) is 0 Å². The molecule has 0 fully saturated rings. The minimum atomic E-state index is -2.87. The maximum absolute atomic E-state index is 6.41. The largest absolute Gasteiger partial charge is 0.491 e. The van der Waals surface area contributed by atoms with E-state index in [1.54, 1.807) is 0 Å². The van der Waals surface area contributed by atoms with E-state index in [2.05, 4.69) is 75.3 Å². The van der Waals surface area contributed by atoms with Gasteiger partial charge in [-0.1, -0.05) is 11.1 Å². The van der Waals surface area contributed by atoms with Crippen LogP contribution in [0, 0.1) is 22.9 Å². The maximum Gasteiger partial charge on any atom is 0.491 e. The van der Waals surface area contributed by atoms with Crippen LogP contribution in [0.1, 0.15) is 13.8 Å². The molecule has 0 saturated heterocycles. The molecule has 0 unspecified atom stereocenters. The van der Waals surface area contributed by atoms with Crippen molar-refractivity contribution >= 4 is 33.8 Å². The first kappa shape index (κ1) is 20.9. The summed E-state index contributed by atoms with van der Waals surface area (Å²) in [4.78, 5) is 0. The Hall–Kier alpha value is -0.132. The molecule has 0 aromatic rings. The minimum Gasteiger partial charge on any atom is -0.437 e. The molecular formula is C14H30O3Si4. The van der Waals surface area contributed by atoms with Crippen LogP contribution < -0.4 is 0 Å². The Labute approximate surface area is 135 Å². The van der Waals surface area contributed by atoms with Crippen LogP contribution in [0.4, 0.5) is 0 Å². The van der Waals surface area contributed by atoms with Crippen molar-refractivity contribution in [3.8, 4) is 22.9 Å². The van der Waals surface area contributed by atoms with Crippen molar-refractivity contribution in [3.05, 3.63) is 0 Å². The van der Waals surface area contributed by atoms with Crippen LogP contribution in [-0.2, 0) is 12.3 Å². The second-order valence-electron chi connectivity index (χ2n) is 7.30. The maximum atomic E-state index is 6.41. The molecule has 7 heteroatoms. The number of hydrogen-bond acceptors (Lipinski definition) is 3. The van der Waals surface area contributed by atoms with E-state index in [0.29, 0.717) is 0 Å². The summed E-state index contributed by atoms with van der Waals surface area (Å²) in [5.41, 5.74) is 6.34. The van der Waals surface area contributed by atoms with Crippen LogP contribution in [0.3, 0.4) is 0 Å². The van der Waals surface area contributed by atoms with E-state index in [1.807, 2.05) is 13.8 Å². The van der Waals surface area contributed by atoms with Gasteiger partial charge >= 0.3 is 17.1 Å². The number of hydrogen-bond donors (Lipinski definition) is 0. The van der Waals surface area contributed by atoms with Gasteiger partial charge in [0.15, 0.2) is 16.6 Å². The summed E-state index contributed by atoms with van der Waals surface area (Å²) in [5, 5.41) is 0. The zero-order chi connectivity index (χ0) is 16.9. The van der Waals surface area contributed by atoms with Gasteiger partial charge in [0.2, 0.25) is 0 Å². The van der Waals surface area contributed by atoms with E-state index in [1.165, 1.54) is 0 Å². The van der Waals surface area contributed by atoms with Crippen LogP contribution in [0.5, 0.6) is 0 Å². The third-order valence-electron chi connectivity index (χ3n) is 1.97. The van der Waals surface area contributed by atoms with Crippen molar-refractivity contribution in [2.75, 3.05) is 0 Å². The zero-order valence-corrected chi connectivity index (χ0v) is 19.2. The predicted octanol–water partition coefficient (Wildman–Crippen LogP) is 3.98. The van der Waals surface area contributed by atoms with Gasteiger partial charge in [-0.25, -0.2) is 0 Å². The highest BCUT2D eigenvalue weighted by Gasteiger charge is 2.47. The SMILES string of the molecule is CC#C[Si](C#CC)(O[Si](C)(C)C)O[Si](C)(C)O[Si](C)(C)C. The molecule has 0 rings (SSSR count). The van der Waals surface area contributed by atoms with Crippen LogP contribution in [0.2, 0.25) is 52.4 Å². The molecule has 0 radical (unpaired) electrons. The molecule has 0 aromatic carbocycles. The molecule has 0 spiro atoms. The summed E-state index contributed by atoms with van der Waals surface area (Å²) >= 11 is 0. The van der Waals surface area contributed by atoms with Crippen molar-refractivity contribution < 1.29 is 12.3 Å². The van der Waals surface area contributed by atoms with Crippen LogP contribution >= 0.6 is 0 Å². The van der Waals surface area contributed by atoms with E-state index in [-0.39, 0.29) is 0 Å². The Morgan fingerprint density at radius 3 is 1.24 bits per heavy atom. The fourth-order valence-corrected chi connectivity index (χ4v) is 16.8. The van der Waals surface area contributed by atoms with Gasteiger partial charge in [0.1, 0.15) is 0 Å². The topological polar surface area (TPSA) is 27.7 Å². The van der Waals surface area contributed by atoms with Crippen molar-refractivity contribution in [2.45, 2.75) is 66.2 Å². The highest BCUT2D eigenvalue weighted by Crippen LogP contribution is 2.23. The van der Waals surface area contributed by atoms with Gasteiger partial charge < -0.3 is 12.3 Å². The summed E-state index contributed by atoms with van der Waals surface area (Å²) in [6.45, 7) is 20.7. The molecule has 0 bridgehead atoms. The van der Waals surface area contributed by atoms with Crippen molar-refractivity contribution in [1.82, 2.24) is 0 Å². The lowest BCUT2D eigenvalue weighted by Gasteiger charge is -2.37. The molecule has 0 N–H and O–H groups in total. The van der Waals surface area contributed by atoms with Gasteiger partial charge in [0.05, 0.1) is 0 Å². The molecule has 0 aliphatic carbocycles. The second-order valence-corrected chi connectivity index (χ2v) is 22.7.